The Kier molecular flexibility index (Phi) is 3.93. The van der Waals surface area contributed by atoms with E-state index in [-0.39, 0.29) is 12.0 Å². The fraction of sp³-hybridized carbons (Fsp3) is 0.583. The first-order valence-corrected chi connectivity index (χ1v) is 5.24. The number of nitriles is 1. The van der Waals surface area contributed by atoms with Gasteiger partial charge in [-0.2, -0.15) is 5.26 Å². The number of aryl methyl sites for hydroxylation is 2. The number of nitrogens with zero attached hydrogens (tertiary/aromatic N) is 1. The zero-order chi connectivity index (χ0) is 11.4. The molecule has 1 heterocycles. The molecule has 0 aliphatic rings. The third-order valence-corrected chi connectivity index (χ3v) is 2.50. The van der Waals surface area contributed by atoms with Gasteiger partial charge in [0.05, 0.1) is 12.0 Å². The Bertz CT molecular complexity index is 362. The topological polar surface area (TPSA) is 49.0 Å². The summed E-state index contributed by atoms with van der Waals surface area (Å²) in [7, 11) is 0. The average molecular weight is 206 g/mol. The van der Waals surface area contributed by atoms with Crippen molar-refractivity contribution < 1.29 is 4.42 Å². The minimum absolute atomic E-state index is 0.0424. The second kappa shape index (κ2) is 4.99. The maximum absolute atomic E-state index is 8.67. The lowest BCUT2D eigenvalue weighted by Gasteiger charge is -2.13. The summed E-state index contributed by atoms with van der Waals surface area (Å²) in [5, 5.41) is 12.0. The lowest BCUT2D eigenvalue weighted by Crippen LogP contribution is -2.23. The Hall–Kier alpha value is -1.27. The van der Waals surface area contributed by atoms with Crippen molar-refractivity contribution in [3.8, 4) is 6.07 Å². The smallest absolute Gasteiger partial charge is 0.105 e. The first kappa shape index (κ1) is 11.8. The molecule has 1 rings (SSSR count). The van der Waals surface area contributed by atoms with Gasteiger partial charge in [-0.1, -0.05) is 0 Å². The first-order chi connectivity index (χ1) is 7.04. The van der Waals surface area contributed by atoms with E-state index in [9.17, 15) is 0 Å². The molecule has 1 aromatic heterocycles. The highest BCUT2D eigenvalue weighted by Crippen LogP contribution is 2.21. The van der Waals surface area contributed by atoms with Gasteiger partial charge in [0, 0.05) is 18.2 Å². The third kappa shape index (κ3) is 3.10. The van der Waals surface area contributed by atoms with Crippen molar-refractivity contribution in [1.29, 1.82) is 5.26 Å². The fourth-order valence-corrected chi connectivity index (χ4v) is 1.59. The van der Waals surface area contributed by atoms with E-state index in [1.165, 1.54) is 5.56 Å². The Labute approximate surface area is 91.1 Å². The standard InChI is InChI=1S/C12H18N2O/c1-8(6-13)7-14-10(3)12-5-9(2)15-11(12)4/h5,8,10,14H,7H2,1-4H3. The fourth-order valence-electron chi connectivity index (χ4n) is 1.59. The molecule has 15 heavy (non-hydrogen) atoms. The van der Waals surface area contributed by atoms with Crippen LogP contribution in [0.3, 0.4) is 0 Å². The van der Waals surface area contributed by atoms with Crippen LogP contribution < -0.4 is 5.32 Å². The molecular formula is C12H18N2O. The van der Waals surface area contributed by atoms with E-state index in [0.717, 1.165) is 11.5 Å². The van der Waals surface area contributed by atoms with Crippen LogP contribution in [-0.2, 0) is 0 Å². The first-order valence-electron chi connectivity index (χ1n) is 5.24. The van der Waals surface area contributed by atoms with Gasteiger partial charge in [0.2, 0.25) is 0 Å². The van der Waals surface area contributed by atoms with Gasteiger partial charge in [-0.05, 0) is 33.8 Å². The van der Waals surface area contributed by atoms with Crippen LogP contribution >= 0.6 is 0 Å². The summed E-state index contributed by atoms with van der Waals surface area (Å²) in [4.78, 5) is 0. The van der Waals surface area contributed by atoms with E-state index in [1.807, 2.05) is 26.8 Å². The van der Waals surface area contributed by atoms with Crippen LogP contribution in [0.5, 0.6) is 0 Å². The van der Waals surface area contributed by atoms with E-state index in [4.69, 9.17) is 9.68 Å². The number of hydrogen-bond acceptors (Lipinski definition) is 3. The maximum Gasteiger partial charge on any atom is 0.105 e. The largest absolute Gasteiger partial charge is 0.466 e. The minimum Gasteiger partial charge on any atom is -0.466 e. The molecule has 2 unspecified atom stereocenters. The predicted molar refractivity (Wildman–Crippen MR) is 59.4 cm³/mol. The normalized spacial score (nSPS) is 14.6. The van der Waals surface area contributed by atoms with Gasteiger partial charge in [0.15, 0.2) is 0 Å². The van der Waals surface area contributed by atoms with Crippen LogP contribution in [0.25, 0.3) is 0 Å². The summed E-state index contributed by atoms with van der Waals surface area (Å²) >= 11 is 0. The highest BCUT2D eigenvalue weighted by molar-refractivity contribution is 5.23. The second-order valence-electron chi connectivity index (χ2n) is 4.03. The van der Waals surface area contributed by atoms with Crippen molar-refractivity contribution in [3.63, 3.8) is 0 Å². The lowest BCUT2D eigenvalue weighted by atomic mass is 10.1. The van der Waals surface area contributed by atoms with Crippen molar-refractivity contribution in [2.75, 3.05) is 6.54 Å². The summed E-state index contributed by atoms with van der Waals surface area (Å²) < 4.78 is 5.46. The Morgan fingerprint density at radius 2 is 2.13 bits per heavy atom. The lowest BCUT2D eigenvalue weighted by molar-refractivity contribution is 0.483. The molecule has 0 saturated heterocycles. The molecule has 0 aromatic carbocycles. The molecule has 0 saturated carbocycles. The highest BCUT2D eigenvalue weighted by Gasteiger charge is 2.12. The van der Waals surface area contributed by atoms with Gasteiger partial charge in [-0.15, -0.1) is 0 Å². The highest BCUT2D eigenvalue weighted by atomic mass is 16.3. The Morgan fingerprint density at radius 3 is 2.60 bits per heavy atom. The van der Waals surface area contributed by atoms with Crippen molar-refractivity contribution in [3.05, 3.63) is 23.2 Å². The molecule has 0 amide bonds. The zero-order valence-electron chi connectivity index (χ0n) is 9.79. The van der Waals surface area contributed by atoms with Gasteiger partial charge in [0.25, 0.3) is 0 Å². The second-order valence-corrected chi connectivity index (χ2v) is 4.03. The minimum atomic E-state index is 0.0424. The number of nitrogens with one attached hydrogen (secondary N) is 1. The van der Waals surface area contributed by atoms with E-state index in [2.05, 4.69) is 18.3 Å². The number of furan rings is 1. The van der Waals surface area contributed by atoms with Crippen LogP contribution in [0.15, 0.2) is 10.5 Å². The number of rotatable bonds is 4. The van der Waals surface area contributed by atoms with E-state index < -0.39 is 0 Å². The van der Waals surface area contributed by atoms with E-state index in [0.29, 0.717) is 6.54 Å². The molecule has 0 fully saturated rings. The molecule has 1 aromatic rings. The molecule has 1 N–H and O–H groups in total. The number of hydrogen-bond donors (Lipinski definition) is 1. The molecule has 3 nitrogen and oxygen atoms in total. The summed E-state index contributed by atoms with van der Waals surface area (Å²) in [5.41, 5.74) is 1.18. The van der Waals surface area contributed by atoms with Crippen LogP contribution in [-0.4, -0.2) is 6.54 Å². The van der Waals surface area contributed by atoms with Crippen LogP contribution in [0.2, 0.25) is 0 Å². The molecule has 0 bridgehead atoms. The van der Waals surface area contributed by atoms with Crippen LogP contribution in [0.4, 0.5) is 0 Å². The van der Waals surface area contributed by atoms with Crippen molar-refractivity contribution >= 4 is 0 Å². The molecule has 3 heteroatoms. The van der Waals surface area contributed by atoms with Crippen LogP contribution in [0.1, 0.15) is 37.0 Å². The maximum atomic E-state index is 8.67. The molecule has 0 aliphatic heterocycles. The van der Waals surface area contributed by atoms with Gasteiger partial charge < -0.3 is 9.73 Å². The Morgan fingerprint density at radius 1 is 1.47 bits per heavy atom. The molecule has 0 spiro atoms. The van der Waals surface area contributed by atoms with Gasteiger partial charge in [0.1, 0.15) is 11.5 Å². The molecular weight excluding hydrogens is 188 g/mol. The average Bonchev–Trinajstić information content (AvgIpc) is 2.53. The SMILES string of the molecule is Cc1cc(C(C)NCC(C)C#N)c(C)o1. The van der Waals surface area contributed by atoms with E-state index in [1.54, 1.807) is 0 Å². The molecule has 0 radical (unpaired) electrons. The quantitative estimate of drug-likeness (QED) is 0.824. The molecule has 0 aliphatic carbocycles. The van der Waals surface area contributed by atoms with Crippen molar-refractivity contribution in [2.45, 2.75) is 33.7 Å². The van der Waals surface area contributed by atoms with Gasteiger partial charge in [-0.25, -0.2) is 0 Å². The third-order valence-electron chi connectivity index (χ3n) is 2.50. The van der Waals surface area contributed by atoms with Crippen molar-refractivity contribution in [2.24, 2.45) is 5.92 Å². The van der Waals surface area contributed by atoms with Crippen molar-refractivity contribution in [1.82, 2.24) is 5.32 Å². The monoisotopic (exact) mass is 206 g/mol. The summed E-state index contributed by atoms with van der Waals surface area (Å²) in [6, 6.07) is 4.49. The zero-order valence-corrected chi connectivity index (χ0v) is 9.79. The summed E-state index contributed by atoms with van der Waals surface area (Å²) in [6.07, 6.45) is 0. The van der Waals surface area contributed by atoms with Crippen LogP contribution in [0, 0.1) is 31.1 Å². The molecule has 82 valence electrons. The molecule has 2 atom stereocenters. The van der Waals surface area contributed by atoms with Gasteiger partial charge >= 0.3 is 0 Å². The summed E-state index contributed by atoms with van der Waals surface area (Å²) in [5.74, 6) is 1.93. The van der Waals surface area contributed by atoms with E-state index >= 15 is 0 Å². The Balaban J connectivity index is 2.58. The van der Waals surface area contributed by atoms with Gasteiger partial charge in [-0.3, -0.25) is 0 Å². The predicted octanol–water partition coefficient (Wildman–Crippen LogP) is 2.71. The summed E-state index contributed by atoms with van der Waals surface area (Å²) in [6.45, 7) is 8.62.